The second-order valence-electron chi connectivity index (χ2n) is 4.76. The third-order valence-electron chi connectivity index (χ3n) is 3.47. The number of piperazine rings is 1. The molecule has 0 bridgehead atoms. The second-order valence-corrected chi connectivity index (χ2v) is 5.67. The molecule has 2 rings (SSSR count). The lowest BCUT2D eigenvalue weighted by atomic mass is 10.1. The highest BCUT2D eigenvalue weighted by molar-refractivity contribution is 9.10. The van der Waals surface area contributed by atoms with Crippen LogP contribution in [-0.2, 0) is 0 Å². The van der Waals surface area contributed by atoms with E-state index in [9.17, 15) is 5.11 Å². The Kier molecular flexibility index (Phi) is 4.07. The van der Waals surface area contributed by atoms with E-state index < -0.39 is 0 Å². The van der Waals surface area contributed by atoms with Gasteiger partial charge in [-0.05, 0) is 32.2 Å². The van der Waals surface area contributed by atoms with Crippen LogP contribution in [0.15, 0.2) is 28.7 Å². The molecule has 3 nitrogen and oxygen atoms in total. The Morgan fingerprint density at radius 1 is 1.41 bits per heavy atom. The first-order valence-corrected chi connectivity index (χ1v) is 6.74. The van der Waals surface area contributed by atoms with E-state index in [1.54, 1.807) is 0 Å². The van der Waals surface area contributed by atoms with Crippen LogP contribution in [0.1, 0.15) is 6.92 Å². The maximum Gasteiger partial charge on any atom is 0.0604 e. The van der Waals surface area contributed by atoms with E-state index in [0.29, 0.717) is 6.04 Å². The fraction of sp³-hybridized carbons (Fsp3) is 0.538. The molecule has 0 amide bonds. The third-order valence-corrected chi connectivity index (χ3v) is 3.96. The summed E-state index contributed by atoms with van der Waals surface area (Å²) in [5, 5.41) is 9.39. The molecule has 2 unspecified atom stereocenters. The van der Waals surface area contributed by atoms with Crippen molar-refractivity contribution in [2.75, 3.05) is 31.6 Å². The van der Waals surface area contributed by atoms with E-state index in [2.05, 4.69) is 57.9 Å². The number of aliphatic hydroxyl groups excluding tert-OH is 1. The average molecular weight is 299 g/mol. The zero-order chi connectivity index (χ0) is 12.4. The lowest BCUT2D eigenvalue weighted by molar-refractivity contribution is 0.122. The summed E-state index contributed by atoms with van der Waals surface area (Å²) in [5.41, 5.74) is 1.22. The number of hydrogen-bond donors (Lipinski definition) is 1. The first kappa shape index (κ1) is 12.9. The molecule has 0 aromatic heterocycles. The van der Waals surface area contributed by atoms with Crippen molar-refractivity contribution < 1.29 is 5.11 Å². The maximum absolute atomic E-state index is 9.39. The van der Waals surface area contributed by atoms with Crippen molar-refractivity contribution in [3.05, 3.63) is 28.7 Å². The number of halogens is 1. The van der Waals surface area contributed by atoms with Gasteiger partial charge in [0, 0.05) is 29.3 Å². The van der Waals surface area contributed by atoms with Gasteiger partial charge in [0.25, 0.3) is 0 Å². The smallest absolute Gasteiger partial charge is 0.0604 e. The number of hydrogen-bond acceptors (Lipinski definition) is 3. The van der Waals surface area contributed by atoms with Gasteiger partial charge >= 0.3 is 0 Å². The molecule has 1 N–H and O–H groups in total. The number of aliphatic hydroxyl groups is 1. The zero-order valence-corrected chi connectivity index (χ0v) is 11.9. The average Bonchev–Trinajstić information content (AvgIpc) is 2.29. The molecule has 1 aromatic rings. The SMILES string of the molecule is CC1CN(C)C(CO)CN1c1cccc(Br)c1. The van der Waals surface area contributed by atoms with Crippen LogP contribution in [0.3, 0.4) is 0 Å². The normalized spacial score (nSPS) is 26.2. The predicted molar refractivity (Wildman–Crippen MR) is 74.5 cm³/mol. The van der Waals surface area contributed by atoms with E-state index in [1.165, 1.54) is 5.69 Å². The Labute approximate surface area is 111 Å². The Morgan fingerprint density at radius 2 is 2.18 bits per heavy atom. The highest BCUT2D eigenvalue weighted by Gasteiger charge is 2.28. The van der Waals surface area contributed by atoms with E-state index in [-0.39, 0.29) is 12.6 Å². The van der Waals surface area contributed by atoms with Crippen molar-refractivity contribution >= 4 is 21.6 Å². The van der Waals surface area contributed by atoms with Crippen LogP contribution in [0.5, 0.6) is 0 Å². The highest BCUT2D eigenvalue weighted by Crippen LogP contribution is 2.25. The molecule has 1 aromatic carbocycles. The zero-order valence-electron chi connectivity index (χ0n) is 10.3. The van der Waals surface area contributed by atoms with E-state index in [0.717, 1.165) is 17.6 Å². The molecule has 4 heteroatoms. The summed E-state index contributed by atoms with van der Waals surface area (Å²) >= 11 is 3.51. The molecule has 1 fully saturated rings. The first-order valence-electron chi connectivity index (χ1n) is 5.95. The number of rotatable bonds is 2. The van der Waals surface area contributed by atoms with Gasteiger partial charge in [0.15, 0.2) is 0 Å². The minimum atomic E-state index is 0.216. The summed E-state index contributed by atoms with van der Waals surface area (Å²) in [6, 6.07) is 9.05. The summed E-state index contributed by atoms with van der Waals surface area (Å²) in [5.74, 6) is 0. The van der Waals surface area contributed by atoms with Crippen molar-refractivity contribution in [1.82, 2.24) is 4.90 Å². The van der Waals surface area contributed by atoms with Gasteiger partial charge in [-0.2, -0.15) is 0 Å². The van der Waals surface area contributed by atoms with Crippen LogP contribution in [0.25, 0.3) is 0 Å². The lowest BCUT2D eigenvalue weighted by Gasteiger charge is -2.44. The van der Waals surface area contributed by atoms with Gasteiger partial charge in [0.05, 0.1) is 12.6 Å². The van der Waals surface area contributed by atoms with Gasteiger partial charge in [-0.25, -0.2) is 0 Å². The molecule has 1 aliphatic heterocycles. The molecule has 1 aliphatic rings. The molecule has 1 heterocycles. The molecule has 94 valence electrons. The van der Waals surface area contributed by atoms with E-state index in [4.69, 9.17) is 0 Å². The Bertz CT molecular complexity index is 385. The first-order chi connectivity index (χ1) is 8.11. The largest absolute Gasteiger partial charge is 0.395 e. The highest BCUT2D eigenvalue weighted by atomic mass is 79.9. The van der Waals surface area contributed by atoms with Crippen LogP contribution in [0, 0.1) is 0 Å². The minimum absolute atomic E-state index is 0.216. The van der Waals surface area contributed by atoms with Crippen LogP contribution >= 0.6 is 15.9 Å². The van der Waals surface area contributed by atoms with E-state index >= 15 is 0 Å². The van der Waals surface area contributed by atoms with Gasteiger partial charge in [-0.1, -0.05) is 22.0 Å². The summed E-state index contributed by atoms with van der Waals surface area (Å²) in [6.07, 6.45) is 0. The van der Waals surface area contributed by atoms with Gasteiger partial charge in [-0.15, -0.1) is 0 Å². The second kappa shape index (κ2) is 5.38. The number of anilines is 1. The predicted octanol–water partition coefficient (Wildman–Crippen LogP) is 1.95. The topological polar surface area (TPSA) is 26.7 Å². The Morgan fingerprint density at radius 3 is 2.82 bits per heavy atom. The van der Waals surface area contributed by atoms with Crippen molar-refractivity contribution in [1.29, 1.82) is 0 Å². The van der Waals surface area contributed by atoms with Crippen molar-refractivity contribution in [3.63, 3.8) is 0 Å². The van der Waals surface area contributed by atoms with Crippen molar-refractivity contribution in [2.45, 2.75) is 19.0 Å². The van der Waals surface area contributed by atoms with Crippen LogP contribution in [0.4, 0.5) is 5.69 Å². The number of likely N-dealkylation sites (N-methyl/N-ethyl adjacent to an activating group) is 1. The molecule has 0 radical (unpaired) electrons. The number of benzene rings is 1. The Hall–Kier alpha value is -0.580. The van der Waals surface area contributed by atoms with E-state index in [1.807, 2.05) is 6.07 Å². The lowest BCUT2D eigenvalue weighted by Crippen LogP contribution is -2.57. The van der Waals surface area contributed by atoms with Crippen molar-refractivity contribution in [2.24, 2.45) is 0 Å². The number of nitrogens with zero attached hydrogens (tertiary/aromatic N) is 2. The van der Waals surface area contributed by atoms with Gasteiger partial charge in [0.2, 0.25) is 0 Å². The summed E-state index contributed by atoms with van der Waals surface area (Å²) in [6.45, 7) is 4.31. The summed E-state index contributed by atoms with van der Waals surface area (Å²) < 4.78 is 1.10. The Balaban J connectivity index is 2.20. The molecule has 2 atom stereocenters. The molecule has 1 saturated heterocycles. The third kappa shape index (κ3) is 2.81. The molecular weight excluding hydrogens is 280 g/mol. The molecule has 0 aliphatic carbocycles. The van der Waals surface area contributed by atoms with Crippen LogP contribution in [-0.4, -0.2) is 48.8 Å². The van der Waals surface area contributed by atoms with Crippen LogP contribution < -0.4 is 4.90 Å². The van der Waals surface area contributed by atoms with Gasteiger partial charge < -0.3 is 10.0 Å². The standard InChI is InChI=1S/C13H19BrN2O/c1-10-7-15(2)13(9-17)8-16(10)12-5-3-4-11(14)6-12/h3-6,10,13,17H,7-9H2,1-2H3. The summed E-state index contributed by atoms with van der Waals surface area (Å²) in [7, 11) is 2.08. The molecule has 0 saturated carbocycles. The van der Waals surface area contributed by atoms with Gasteiger partial charge in [-0.3, -0.25) is 4.90 Å². The minimum Gasteiger partial charge on any atom is -0.395 e. The summed E-state index contributed by atoms with van der Waals surface area (Å²) in [4.78, 5) is 4.60. The van der Waals surface area contributed by atoms with Crippen molar-refractivity contribution in [3.8, 4) is 0 Å². The van der Waals surface area contributed by atoms with Gasteiger partial charge in [0.1, 0.15) is 0 Å². The monoisotopic (exact) mass is 298 g/mol. The maximum atomic E-state index is 9.39. The molecule has 17 heavy (non-hydrogen) atoms. The molecule has 0 spiro atoms. The fourth-order valence-electron chi connectivity index (χ4n) is 2.42. The molecular formula is C13H19BrN2O. The van der Waals surface area contributed by atoms with Crippen LogP contribution in [0.2, 0.25) is 0 Å². The quantitative estimate of drug-likeness (QED) is 0.904. The fourth-order valence-corrected chi connectivity index (χ4v) is 2.81.